The van der Waals surface area contributed by atoms with E-state index in [-0.39, 0.29) is 70.1 Å². The van der Waals surface area contributed by atoms with E-state index in [1.165, 1.54) is 44.9 Å². The molecule has 0 saturated heterocycles. The number of aliphatic carboxylic acids is 1. The molecule has 0 unspecified atom stereocenters. The first-order valence-electron chi connectivity index (χ1n) is 8.11. The molecule has 23 heavy (non-hydrogen) atoms. The SMILES string of the molecule is CCCCCCCCCCCC(=O)[O-].CNCCS(=O)(=O)[O-].[K+]. The van der Waals surface area contributed by atoms with Crippen LogP contribution in [0.4, 0.5) is 0 Å². The fraction of sp³-hybridized carbons (Fsp3) is 0.933. The summed E-state index contributed by atoms with van der Waals surface area (Å²) in [6.45, 7) is 2.45. The monoisotopic (exact) mass is 376 g/mol. The van der Waals surface area contributed by atoms with Crippen molar-refractivity contribution in [2.45, 2.75) is 71.1 Å². The van der Waals surface area contributed by atoms with Gasteiger partial charge in [-0.15, -0.1) is 0 Å². The van der Waals surface area contributed by atoms with E-state index in [0.29, 0.717) is 0 Å². The predicted octanol–water partition coefficient (Wildman–Crippen LogP) is -1.59. The second-order valence-corrected chi connectivity index (χ2v) is 6.84. The zero-order valence-electron chi connectivity index (χ0n) is 14.9. The van der Waals surface area contributed by atoms with Gasteiger partial charge in [0.2, 0.25) is 0 Å². The molecule has 0 saturated carbocycles. The van der Waals surface area contributed by atoms with Crippen LogP contribution in [0.2, 0.25) is 0 Å². The van der Waals surface area contributed by atoms with Crippen molar-refractivity contribution >= 4 is 16.1 Å². The molecule has 0 aliphatic carbocycles. The number of unbranched alkanes of at least 4 members (excludes halogenated alkanes) is 8. The van der Waals surface area contributed by atoms with E-state index in [1.54, 1.807) is 7.05 Å². The normalized spacial score (nSPS) is 10.4. The molecule has 0 amide bonds. The first kappa shape index (κ1) is 28.8. The molecule has 0 aromatic carbocycles. The van der Waals surface area contributed by atoms with E-state index >= 15 is 0 Å². The third-order valence-electron chi connectivity index (χ3n) is 3.09. The molecule has 134 valence electrons. The van der Waals surface area contributed by atoms with Crippen LogP contribution in [0, 0.1) is 0 Å². The summed E-state index contributed by atoms with van der Waals surface area (Å²) in [6, 6.07) is 0. The summed E-state index contributed by atoms with van der Waals surface area (Å²) >= 11 is 0. The Morgan fingerprint density at radius 1 is 0.957 bits per heavy atom. The van der Waals surface area contributed by atoms with Crippen LogP contribution in [0.1, 0.15) is 71.1 Å². The molecular formula is C15H31KNO5S-. The Morgan fingerprint density at radius 2 is 1.39 bits per heavy atom. The fourth-order valence-electron chi connectivity index (χ4n) is 1.81. The van der Waals surface area contributed by atoms with Gasteiger partial charge in [0.1, 0.15) is 0 Å². The first-order valence-corrected chi connectivity index (χ1v) is 9.69. The van der Waals surface area contributed by atoms with Crippen LogP contribution < -0.4 is 61.8 Å². The molecule has 6 nitrogen and oxygen atoms in total. The number of hydrogen-bond donors (Lipinski definition) is 1. The van der Waals surface area contributed by atoms with Crippen molar-refractivity contribution in [2.24, 2.45) is 0 Å². The molecule has 0 aromatic rings. The number of carboxylic acids is 1. The minimum atomic E-state index is -4.00. The summed E-state index contributed by atoms with van der Waals surface area (Å²) in [6.07, 6.45) is 11.2. The van der Waals surface area contributed by atoms with Gasteiger partial charge < -0.3 is 19.8 Å². The number of carbonyl (C=O) groups is 1. The van der Waals surface area contributed by atoms with Gasteiger partial charge in [-0.05, 0) is 19.9 Å². The fourth-order valence-corrected chi connectivity index (χ4v) is 2.26. The Hall–Kier alpha value is 0.976. The van der Waals surface area contributed by atoms with Gasteiger partial charge in [-0.2, -0.15) is 0 Å². The maximum Gasteiger partial charge on any atom is 1.00 e. The number of rotatable bonds is 13. The van der Waals surface area contributed by atoms with E-state index in [0.717, 1.165) is 12.8 Å². The molecule has 0 atom stereocenters. The van der Waals surface area contributed by atoms with Gasteiger partial charge >= 0.3 is 51.4 Å². The van der Waals surface area contributed by atoms with Gasteiger partial charge in [-0.1, -0.05) is 58.3 Å². The summed E-state index contributed by atoms with van der Waals surface area (Å²) in [5.41, 5.74) is 0. The van der Waals surface area contributed by atoms with E-state index < -0.39 is 16.1 Å². The molecule has 0 aromatic heterocycles. The van der Waals surface area contributed by atoms with Crippen LogP contribution in [-0.2, 0) is 14.9 Å². The summed E-state index contributed by atoms with van der Waals surface area (Å²) < 4.78 is 29.4. The topological polar surface area (TPSA) is 109 Å². The van der Waals surface area contributed by atoms with Gasteiger partial charge in [0.05, 0.1) is 15.9 Å². The quantitative estimate of drug-likeness (QED) is 0.236. The molecule has 0 rings (SSSR count). The molecular weight excluding hydrogens is 345 g/mol. The van der Waals surface area contributed by atoms with Gasteiger partial charge in [0.25, 0.3) is 0 Å². The van der Waals surface area contributed by atoms with Crippen LogP contribution in [0.5, 0.6) is 0 Å². The van der Waals surface area contributed by atoms with Crippen molar-refractivity contribution in [1.82, 2.24) is 5.32 Å². The van der Waals surface area contributed by atoms with Gasteiger partial charge in [0.15, 0.2) is 0 Å². The van der Waals surface area contributed by atoms with Crippen molar-refractivity contribution in [3.63, 3.8) is 0 Å². The smallest absolute Gasteiger partial charge is 0.748 e. The Balaban J connectivity index is -0.000000382. The molecule has 0 fully saturated rings. The van der Waals surface area contributed by atoms with Crippen LogP contribution in [0.15, 0.2) is 0 Å². The molecule has 0 heterocycles. The molecule has 0 spiro atoms. The number of carbonyl (C=O) groups excluding carboxylic acids is 1. The molecule has 1 N–H and O–H groups in total. The predicted molar refractivity (Wildman–Crippen MR) is 85.3 cm³/mol. The van der Waals surface area contributed by atoms with Crippen molar-refractivity contribution < 1.29 is 74.3 Å². The maximum absolute atomic E-state index is 10.1. The molecule has 0 aliphatic heterocycles. The minimum Gasteiger partial charge on any atom is -0.748 e. The Morgan fingerprint density at radius 3 is 1.70 bits per heavy atom. The van der Waals surface area contributed by atoms with Gasteiger partial charge in [0, 0.05) is 12.5 Å². The van der Waals surface area contributed by atoms with E-state index in [9.17, 15) is 22.9 Å². The molecule has 0 bridgehead atoms. The third kappa shape index (κ3) is 35.1. The summed E-state index contributed by atoms with van der Waals surface area (Å²) in [7, 11) is -2.41. The van der Waals surface area contributed by atoms with Gasteiger partial charge in [-0.3, -0.25) is 0 Å². The number of nitrogens with one attached hydrogen (secondary N) is 1. The van der Waals surface area contributed by atoms with E-state index in [2.05, 4.69) is 12.2 Å². The van der Waals surface area contributed by atoms with Crippen LogP contribution in [0.25, 0.3) is 0 Å². The minimum absolute atomic E-state index is 0. The number of carboxylic acid groups (broad SMARTS) is 1. The average Bonchev–Trinajstić information content (AvgIpc) is 2.43. The third-order valence-corrected chi connectivity index (χ3v) is 3.79. The maximum atomic E-state index is 10.1. The standard InChI is InChI=1S/C12H24O2.C3H9NO3S.K/c1-2-3-4-5-6-7-8-9-10-11-12(13)14;1-4-2-3-8(5,6)7;/h2-11H2,1H3,(H,13,14);4H,2-3H2,1H3,(H,5,6,7);/q;;+1/p-2. The van der Waals surface area contributed by atoms with Crippen molar-refractivity contribution in [1.29, 1.82) is 0 Å². The van der Waals surface area contributed by atoms with Crippen molar-refractivity contribution in [3.05, 3.63) is 0 Å². The second kappa shape index (κ2) is 21.0. The zero-order valence-corrected chi connectivity index (χ0v) is 18.9. The number of hydrogen-bond acceptors (Lipinski definition) is 6. The zero-order chi connectivity index (χ0) is 17.3. The summed E-state index contributed by atoms with van der Waals surface area (Å²) in [4.78, 5) is 10.1. The molecule has 0 aliphatic rings. The molecule has 8 heteroatoms. The van der Waals surface area contributed by atoms with Crippen LogP contribution in [0.3, 0.4) is 0 Å². The van der Waals surface area contributed by atoms with Crippen LogP contribution in [-0.4, -0.2) is 38.3 Å². The van der Waals surface area contributed by atoms with E-state index in [4.69, 9.17) is 0 Å². The largest absolute Gasteiger partial charge is 1.00 e. The van der Waals surface area contributed by atoms with Gasteiger partial charge in [-0.25, -0.2) is 8.42 Å². The van der Waals surface area contributed by atoms with E-state index in [1.807, 2.05) is 0 Å². The summed E-state index contributed by atoms with van der Waals surface area (Å²) in [5, 5.41) is 12.6. The average molecular weight is 377 g/mol. The molecule has 0 radical (unpaired) electrons. The Bertz CT molecular complexity index is 350. The van der Waals surface area contributed by atoms with Crippen molar-refractivity contribution in [3.8, 4) is 0 Å². The Labute approximate surface area is 184 Å². The first-order chi connectivity index (χ1) is 10.3. The Kier molecular flexibility index (Phi) is 26.3. The second-order valence-electron chi connectivity index (χ2n) is 5.32. The summed E-state index contributed by atoms with van der Waals surface area (Å²) in [5.74, 6) is -1.24. The van der Waals surface area contributed by atoms with Crippen molar-refractivity contribution in [2.75, 3.05) is 19.3 Å². The van der Waals surface area contributed by atoms with Crippen LogP contribution >= 0.6 is 0 Å².